The van der Waals surface area contributed by atoms with Crippen LogP contribution < -0.4 is 0 Å². The van der Waals surface area contributed by atoms with Crippen molar-refractivity contribution >= 4 is 27.3 Å². The Kier molecular flexibility index (Phi) is 3.38. The van der Waals surface area contributed by atoms with E-state index in [1.54, 1.807) is 7.11 Å². The molecule has 0 amide bonds. The molecule has 0 N–H and O–H groups in total. The molecule has 1 aliphatic carbocycles. The van der Waals surface area contributed by atoms with Crippen LogP contribution >= 0.6 is 15.9 Å². The Balaban J connectivity index is 2.65. The highest BCUT2D eigenvalue weighted by Gasteiger charge is 2.27. The normalized spacial score (nSPS) is 15.6. The number of aryl methyl sites for hydroxylation is 2. The van der Waals surface area contributed by atoms with Gasteiger partial charge in [-0.25, -0.2) is 0 Å². The molecule has 90 valence electrons. The van der Waals surface area contributed by atoms with Crippen LogP contribution in [0.2, 0.25) is 0 Å². The summed E-state index contributed by atoms with van der Waals surface area (Å²) in [6.07, 6.45) is 1.27. The fourth-order valence-corrected chi connectivity index (χ4v) is 3.22. The summed E-state index contributed by atoms with van der Waals surface area (Å²) in [5, 5.41) is 0. The fraction of sp³-hybridized carbons (Fsp3) is 0.357. The first-order valence-corrected chi connectivity index (χ1v) is 6.41. The molecule has 0 heterocycles. The molecule has 0 unspecified atom stereocenters. The van der Waals surface area contributed by atoms with Crippen molar-refractivity contribution in [1.82, 2.24) is 0 Å². The summed E-state index contributed by atoms with van der Waals surface area (Å²) in [5.41, 5.74) is 4.02. The third-order valence-corrected chi connectivity index (χ3v) is 3.69. The van der Waals surface area contributed by atoms with Crippen LogP contribution in [-0.2, 0) is 9.53 Å². The molecule has 0 saturated heterocycles. The molecule has 0 aromatic heterocycles. The van der Waals surface area contributed by atoms with Gasteiger partial charge in [0.05, 0.1) is 12.7 Å². The van der Waals surface area contributed by atoms with E-state index >= 15 is 0 Å². The molecule has 0 fully saturated rings. The van der Waals surface area contributed by atoms with Crippen molar-refractivity contribution in [3.8, 4) is 0 Å². The average molecular weight is 295 g/mol. The van der Waals surface area contributed by atoms with Crippen LogP contribution in [0.1, 0.15) is 29.5 Å². The van der Waals surface area contributed by atoms with Crippen molar-refractivity contribution < 1.29 is 9.53 Å². The van der Waals surface area contributed by atoms with Crippen LogP contribution in [0.15, 0.2) is 22.4 Å². The summed E-state index contributed by atoms with van der Waals surface area (Å²) in [6, 6.07) is 4.13. The molecule has 1 aliphatic rings. The average Bonchev–Trinajstić information content (AvgIpc) is 2.59. The molecule has 0 saturated carbocycles. The molecule has 2 nitrogen and oxygen atoms in total. The lowest BCUT2D eigenvalue weighted by molar-refractivity contribution is -0.113. The van der Waals surface area contributed by atoms with Gasteiger partial charge in [0, 0.05) is 22.9 Å². The van der Waals surface area contributed by atoms with E-state index in [0.717, 1.165) is 26.9 Å². The first kappa shape index (κ1) is 12.4. The standard InChI is InChI=1S/C14H15BrO2/c1-8-6-9(2)13(10(15)7-8)14-11(16)4-5-12(14)17-3/h6-7H,4-5H2,1-3H3. The first-order chi connectivity index (χ1) is 8.04. The van der Waals surface area contributed by atoms with E-state index in [-0.39, 0.29) is 5.78 Å². The van der Waals surface area contributed by atoms with Gasteiger partial charge in [0.2, 0.25) is 0 Å². The molecule has 3 heteroatoms. The minimum absolute atomic E-state index is 0.175. The van der Waals surface area contributed by atoms with Crippen LogP contribution in [0, 0.1) is 13.8 Å². The maximum Gasteiger partial charge on any atom is 0.167 e. The lowest BCUT2D eigenvalue weighted by Gasteiger charge is -2.12. The molecular formula is C14H15BrO2. The summed E-state index contributed by atoms with van der Waals surface area (Å²) in [4.78, 5) is 12.0. The van der Waals surface area contributed by atoms with Gasteiger partial charge in [0.25, 0.3) is 0 Å². The molecule has 0 radical (unpaired) electrons. The Morgan fingerprint density at radius 3 is 2.53 bits per heavy atom. The van der Waals surface area contributed by atoms with Gasteiger partial charge in [-0.2, -0.15) is 0 Å². The van der Waals surface area contributed by atoms with Crippen molar-refractivity contribution in [3.05, 3.63) is 39.1 Å². The number of rotatable bonds is 2. The number of carbonyl (C=O) groups excluding carboxylic acids is 1. The number of benzene rings is 1. The van der Waals surface area contributed by atoms with Gasteiger partial charge in [0.15, 0.2) is 5.78 Å². The summed E-state index contributed by atoms with van der Waals surface area (Å²) in [6.45, 7) is 4.07. The van der Waals surface area contributed by atoms with Gasteiger partial charge in [-0.15, -0.1) is 0 Å². The zero-order chi connectivity index (χ0) is 12.6. The zero-order valence-electron chi connectivity index (χ0n) is 10.3. The molecule has 2 rings (SSSR count). The van der Waals surface area contributed by atoms with Crippen LogP contribution in [0.5, 0.6) is 0 Å². The van der Waals surface area contributed by atoms with Gasteiger partial charge in [-0.05, 0) is 31.0 Å². The zero-order valence-corrected chi connectivity index (χ0v) is 11.8. The SMILES string of the molecule is COC1=C(c2c(C)cc(C)cc2Br)C(=O)CC1. The van der Waals surface area contributed by atoms with E-state index in [0.29, 0.717) is 12.8 Å². The van der Waals surface area contributed by atoms with Gasteiger partial charge in [-0.1, -0.05) is 22.0 Å². The van der Waals surface area contributed by atoms with Gasteiger partial charge < -0.3 is 4.74 Å². The van der Waals surface area contributed by atoms with Crippen LogP contribution in [0.25, 0.3) is 5.57 Å². The number of carbonyl (C=O) groups is 1. The monoisotopic (exact) mass is 294 g/mol. The van der Waals surface area contributed by atoms with Gasteiger partial charge in [0.1, 0.15) is 5.76 Å². The van der Waals surface area contributed by atoms with Crippen molar-refractivity contribution in [1.29, 1.82) is 0 Å². The minimum atomic E-state index is 0.175. The van der Waals surface area contributed by atoms with Gasteiger partial charge >= 0.3 is 0 Å². The van der Waals surface area contributed by atoms with Crippen LogP contribution in [0.4, 0.5) is 0 Å². The summed E-state index contributed by atoms with van der Waals surface area (Å²) in [5.74, 6) is 0.983. The van der Waals surface area contributed by atoms with Gasteiger partial charge in [-0.3, -0.25) is 4.79 Å². The highest BCUT2D eigenvalue weighted by atomic mass is 79.9. The highest BCUT2D eigenvalue weighted by molar-refractivity contribution is 9.10. The third kappa shape index (κ3) is 2.16. The summed E-state index contributed by atoms with van der Waals surface area (Å²) < 4.78 is 6.29. The van der Waals surface area contributed by atoms with E-state index in [1.807, 2.05) is 19.9 Å². The second-order valence-electron chi connectivity index (χ2n) is 4.36. The number of ketones is 1. The number of hydrogen-bond donors (Lipinski definition) is 0. The second-order valence-corrected chi connectivity index (χ2v) is 5.22. The number of halogens is 1. The first-order valence-electron chi connectivity index (χ1n) is 5.62. The Labute approximate surface area is 110 Å². The summed E-state index contributed by atoms with van der Waals surface area (Å²) in [7, 11) is 1.63. The van der Waals surface area contributed by atoms with E-state index in [1.165, 1.54) is 5.56 Å². The Morgan fingerprint density at radius 1 is 1.24 bits per heavy atom. The number of ether oxygens (including phenoxy) is 1. The Bertz CT molecular complexity index is 492. The predicted molar refractivity (Wildman–Crippen MR) is 71.8 cm³/mol. The van der Waals surface area contributed by atoms with E-state index in [2.05, 4.69) is 22.0 Å². The Morgan fingerprint density at radius 2 is 1.94 bits per heavy atom. The lowest BCUT2D eigenvalue weighted by Crippen LogP contribution is -2.01. The maximum atomic E-state index is 12.0. The summed E-state index contributed by atoms with van der Waals surface area (Å²) >= 11 is 3.55. The van der Waals surface area contributed by atoms with Crippen LogP contribution in [-0.4, -0.2) is 12.9 Å². The molecule has 1 aromatic rings. The lowest BCUT2D eigenvalue weighted by atomic mass is 9.97. The minimum Gasteiger partial charge on any atom is -0.500 e. The molecular weight excluding hydrogens is 280 g/mol. The molecule has 0 bridgehead atoms. The largest absolute Gasteiger partial charge is 0.500 e. The molecule has 17 heavy (non-hydrogen) atoms. The smallest absolute Gasteiger partial charge is 0.167 e. The third-order valence-electron chi connectivity index (χ3n) is 3.06. The second kappa shape index (κ2) is 4.65. The van der Waals surface area contributed by atoms with E-state index in [4.69, 9.17) is 4.74 Å². The quantitative estimate of drug-likeness (QED) is 0.830. The number of allylic oxidation sites excluding steroid dienone is 2. The van der Waals surface area contributed by atoms with Crippen molar-refractivity contribution in [2.24, 2.45) is 0 Å². The number of methoxy groups -OCH3 is 1. The van der Waals surface area contributed by atoms with Crippen molar-refractivity contribution in [2.75, 3.05) is 7.11 Å². The fourth-order valence-electron chi connectivity index (χ4n) is 2.35. The predicted octanol–water partition coefficient (Wildman–Crippen LogP) is 3.79. The number of Topliss-reactive ketones (excluding diaryl/α,β-unsaturated/α-hetero) is 1. The van der Waals surface area contributed by atoms with E-state index < -0.39 is 0 Å². The highest BCUT2D eigenvalue weighted by Crippen LogP contribution is 2.37. The molecule has 0 aliphatic heterocycles. The van der Waals surface area contributed by atoms with Crippen LogP contribution in [0.3, 0.4) is 0 Å². The Hall–Kier alpha value is -1.09. The maximum absolute atomic E-state index is 12.0. The molecule has 1 aromatic carbocycles. The molecule has 0 atom stereocenters. The number of hydrogen-bond acceptors (Lipinski definition) is 2. The van der Waals surface area contributed by atoms with E-state index in [9.17, 15) is 4.79 Å². The topological polar surface area (TPSA) is 26.3 Å². The van der Waals surface area contributed by atoms with Crippen molar-refractivity contribution in [3.63, 3.8) is 0 Å². The molecule has 0 spiro atoms. The van der Waals surface area contributed by atoms with Crippen molar-refractivity contribution in [2.45, 2.75) is 26.7 Å².